The summed E-state index contributed by atoms with van der Waals surface area (Å²) in [5.41, 5.74) is -0.731. The van der Waals surface area contributed by atoms with Crippen LogP contribution in [0.5, 0.6) is 0 Å². The molecule has 0 spiro atoms. The van der Waals surface area contributed by atoms with Crippen LogP contribution in [0.4, 0.5) is 4.39 Å². The van der Waals surface area contributed by atoms with Gasteiger partial charge in [0.1, 0.15) is 17.3 Å². The van der Waals surface area contributed by atoms with E-state index < -0.39 is 11.2 Å². The largest absolute Gasteiger partial charge is 0.301 e. The van der Waals surface area contributed by atoms with E-state index in [-0.39, 0.29) is 5.15 Å². The van der Waals surface area contributed by atoms with Gasteiger partial charge in [-0.25, -0.2) is 9.37 Å². The third-order valence-corrected chi connectivity index (χ3v) is 3.04. The normalized spacial score (nSPS) is 13.3. The number of aldehydes is 1. The third kappa shape index (κ3) is 2.33. The number of benzene rings is 1. The molecule has 19 heavy (non-hydrogen) atoms. The predicted molar refractivity (Wildman–Crippen MR) is 68.1 cm³/mol. The van der Waals surface area contributed by atoms with E-state index in [0.717, 1.165) is 0 Å². The molecule has 1 heterocycles. The Bertz CT molecular complexity index is 651. The number of hydrogen-bond donors (Lipinski definition) is 0. The number of halogens is 2. The lowest BCUT2D eigenvalue weighted by Crippen LogP contribution is -2.27. The van der Waals surface area contributed by atoms with Gasteiger partial charge in [-0.2, -0.15) is 5.26 Å². The van der Waals surface area contributed by atoms with Crippen molar-refractivity contribution in [1.29, 1.82) is 5.26 Å². The Labute approximate surface area is 114 Å². The SMILES string of the molecule is N#CC(C=O)(c1ccc(F)cc1)c1ccnc(Cl)c1. The van der Waals surface area contributed by atoms with E-state index in [1.807, 2.05) is 6.07 Å². The standard InChI is InChI=1S/C14H8ClFN2O/c15-13-7-11(5-6-18-13)14(8-17,9-19)10-1-3-12(16)4-2-10/h1-7,9H. The maximum Gasteiger partial charge on any atom is 0.162 e. The quantitative estimate of drug-likeness (QED) is 0.639. The Morgan fingerprint density at radius 2 is 1.95 bits per heavy atom. The van der Waals surface area contributed by atoms with E-state index in [0.29, 0.717) is 17.4 Å². The van der Waals surface area contributed by atoms with E-state index in [2.05, 4.69) is 4.98 Å². The molecular formula is C14H8ClFN2O. The summed E-state index contributed by atoms with van der Waals surface area (Å²) >= 11 is 5.78. The zero-order chi connectivity index (χ0) is 13.9. The highest BCUT2D eigenvalue weighted by atomic mass is 35.5. The fourth-order valence-electron chi connectivity index (χ4n) is 1.82. The van der Waals surface area contributed by atoms with Crippen LogP contribution >= 0.6 is 11.6 Å². The molecule has 1 aromatic carbocycles. The van der Waals surface area contributed by atoms with Crippen molar-refractivity contribution in [3.63, 3.8) is 0 Å². The van der Waals surface area contributed by atoms with E-state index in [1.54, 1.807) is 0 Å². The summed E-state index contributed by atoms with van der Waals surface area (Å²) in [5.74, 6) is -0.436. The highest BCUT2D eigenvalue weighted by Gasteiger charge is 2.34. The van der Waals surface area contributed by atoms with Crippen molar-refractivity contribution in [2.75, 3.05) is 0 Å². The van der Waals surface area contributed by atoms with Crippen molar-refractivity contribution < 1.29 is 9.18 Å². The number of aromatic nitrogens is 1. The van der Waals surface area contributed by atoms with Crippen LogP contribution in [0.15, 0.2) is 42.6 Å². The van der Waals surface area contributed by atoms with Gasteiger partial charge in [0, 0.05) is 6.20 Å². The van der Waals surface area contributed by atoms with Gasteiger partial charge >= 0.3 is 0 Å². The number of rotatable bonds is 3. The monoisotopic (exact) mass is 274 g/mol. The molecule has 0 bridgehead atoms. The topological polar surface area (TPSA) is 53.8 Å². The predicted octanol–water partition coefficient (Wildman–Crippen LogP) is 2.88. The average molecular weight is 275 g/mol. The Morgan fingerprint density at radius 1 is 1.26 bits per heavy atom. The van der Waals surface area contributed by atoms with Crippen LogP contribution < -0.4 is 0 Å². The van der Waals surface area contributed by atoms with Crippen molar-refractivity contribution >= 4 is 17.9 Å². The first-order valence-corrected chi connectivity index (χ1v) is 5.76. The Morgan fingerprint density at radius 3 is 2.47 bits per heavy atom. The molecule has 0 aliphatic rings. The first kappa shape index (κ1) is 13.2. The van der Waals surface area contributed by atoms with Gasteiger partial charge in [-0.15, -0.1) is 0 Å². The molecule has 5 heteroatoms. The first-order valence-electron chi connectivity index (χ1n) is 5.38. The third-order valence-electron chi connectivity index (χ3n) is 2.83. The summed E-state index contributed by atoms with van der Waals surface area (Å²) in [4.78, 5) is 15.3. The molecule has 1 unspecified atom stereocenters. The zero-order valence-electron chi connectivity index (χ0n) is 9.68. The summed E-state index contributed by atoms with van der Waals surface area (Å²) in [6, 6.07) is 10.2. The lowest BCUT2D eigenvalue weighted by atomic mass is 9.77. The Hall–Kier alpha value is -2.25. The molecule has 3 nitrogen and oxygen atoms in total. The molecule has 1 aromatic heterocycles. The number of nitriles is 1. The van der Waals surface area contributed by atoms with Gasteiger partial charge in [0.15, 0.2) is 5.41 Å². The van der Waals surface area contributed by atoms with E-state index in [1.165, 1.54) is 42.6 Å². The van der Waals surface area contributed by atoms with Crippen LogP contribution in [0.2, 0.25) is 5.15 Å². The molecule has 94 valence electrons. The minimum atomic E-state index is -1.51. The zero-order valence-corrected chi connectivity index (χ0v) is 10.4. The number of hydrogen-bond acceptors (Lipinski definition) is 3. The lowest BCUT2D eigenvalue weighted by Gasteiger charge is -2.21. The summed E-state index contributed by atoms with van der Waals surface area (Å²) in [6.07, 6.45) is 1.93. The van der Waals surface area contributed by atoms with E-state index >= 15 is 0 Å². The van der Waals surface area contributed by atoms with Gasteiger partial charge in [0.05, 0.1) is 6.07 Å². The lowest BCUT2D eigenvalue weighted by molar-refractivity contribution is -0.110. The van der Waals surface area contributed by atoms with Gasteiger partial charge in [-0.1, -0.05) is 23.7 Å². The first-order chi connectivity index (χ1) is 9.12. The maximum atomic E-state index is 12.9. The number of pyridine rings is 1. The minimum absolute atomic E-state index is 0.182. The number of carbonyl (C=O) groups is 1. The van der Waals surface area contributed by atoms with Crippen LogP contribution in [0, 0.1) is 17.1 Å². The molecule has 0 aliphatic heterocycles. The second kappa shape index (κ2) is 5.17. The number of carbonyl (C=O) groups excluding carboxylic acids is 1. The Balaban J connectivity index is 2.65. The molecule has 0 N–H and O–H groups in total. The summed E-state index contributed by atoms with van der Waals surface area (Å²) in [7, 11) is 0. The van der Waals surface area contributed by atoms with E-state index in [9.17, 15) is 14.4 Å². The van der Waals surface area contributed by atoms with Crippen molar-refractivity contribution in [3.8, 4) is 6.07 Å². The smallest absolute Gasteiger partial charge is 0.162 e. The van der Waals surface area contributed by atoms with E-state index in [4.69, 9.17) is 11.6 Å². The molecule has 0 saturated carbocycles. The molecule has 0 fully saturated rings. The van der Waals surface area contributed by atoms with Crippen LogP contribution in [-0.4, -0.2) is 11.3 Å². The average Bonchev–Trinajstić information content (AvgIpc) is 2.43. The Kier molecular flexibility index (Phi) is 3.59. The van der Waals surface area contributed by atoms with Crippen molar-refractivity contribution in [2.24, 2.45) is 0 Å². The highest BCUT2D eigenvalue weighted by Crippen LogP contribution is 2.30. The fraction of sp³-hybridized carbons (Fsp3) is 0.0714. The van der Waals surface area contributed by atoms with Gasteiger partial charge in [0.25, 0.3) is 0 Å². The summed E-state index contributed by atoms with van der Waals surface area (Å²) in [6.45, 7) is 0. The molecule has 0 amide bonds. The molecule has 2 rings (SSSR count). The van der Waals surface area contributed by atoms with Gasteiger partial charge in [-0.05, 0) is 35.4 Å². The molecule has 0 saturated heterocycles. The second-order valence-electron chi connectivity index (χ2n) is 3.91. The molecule has 1 atom stereocenters. The summed E-state index contributed by atoms with van der Waals surface area (Å²) in [5, 5.41) is 9.59. The minimum Gasteiger partial charge on any atom is -0.301 e. The summed E-state index contributed by atoms with van der Waals surface area (Å²) < 4.78 is 12.9. The second-order valence-corrected chi connectivity index (χ2v) is 4.30. The van der Waals surface area contributed by atoms with Crippen molar-refractivity contribution in [2.45, 2.75) is 5.41 Å². The van der Waals surface area contributed by atoms with Crippen LogP contribution in [0.25, 0.3) is 0 Å². The molecule has 2 aromatic rings. The highest BCUT2D eigenvalue weighted by molar-refractivity contribution is 6.29. The molecule has 0 aliphatic carbocycles. The molecule has 0 radical (unpaired) electrons. The van der Waals surface area contributed by atoms with Crippen molar-refractivity contribution in [3.05, 3.63) is 64.7 Å². The van der Waals surface area contributed by atoms with Gasteiger partial charge in [-0.3, -0.25) is 0 Å². The molecular weight excluding hydrogens is 267 g/mol. The van der Waals surface area contributed by atoms with Gasteiger partial charge < -0.3 is 4.79 Å². The van der Waals surface area contributed by atoms with Crippen LogP contribution in [-0.2, 0) is 10.2 Å². The number of nitrogens with zero attached hydrogens (tertiary/aromatic N) is 2. The van der Waals surface area contributed by atoms with Gasteiger partial charge in [0.2, 0.25) is 0 Å². The van der Waals surface area contributed by atoms with Crippen LogP contribution in [0.1, 0.15) is 11.1 Å². The van der Waals surface area contributed by atoms with Crippen LogP contribution in [0.3, 0.4) is 0 Å². The maximum absolute atomic E-state index is 12.9. The van der Waals surface area contributed by atoms with Crippen molar-refractivity contribution in [1.82, 2.24) is 4.98 Å². The fourth-order valence-corrected chi connectivity index (χ4v) is 1.99.